The maximum Gasteiger partial charge on any atom is 0.280 e. The number of nitrogens with one attached hydrogen (secondary N) is 1. The number of fused-ring (bicyclic) bond motifs is 1. The van der Waals surface area contributed by atoms with Gasteiger partial charge >= 0.3 is 0 Å². The molecule has 29 heavy (non-hydrogen) atoms. The number of hydrogen-bond donors (Lipinski definition) is 1. The maximum absolute atomic E-state index is 13.4. The molecule has 1 aromatic heterocycles. The van der Waals surface area contributed by atoms with Crippen LogP contribution in [0.3, 0.4) is 0 Å². The van der Waals surface area contributed by atoms with Crippen LogP contribution in [0.25, 0.3) is 22.3 Å². The van der Waals surface area contributed by atoms with E-state index in [1.54, 1.807) is 48.5 Å². The highest BCUT2D eigenvalue weighted by atomic mass is 19.1. The number of nitrogens with zero attached hydrogens (tertiary/aromatic N) is 2. The Morgan fingerprint density at radius 1 is 1.03 bits per heavy atom. The lowest BCUT2D eigenvalue weighted by Crippen LogP contribution is -2.35. The molecule has 0 fully saturated rings. The molecule has 4 aromatic rings. The highest BCUT2D eigenvalue weighted by Crippen LogP contribution is 2.19. The largest absolute Gasteiger partial charge is 0.497 e. The maximum atomic E-state index is 13.4. The second-order valence-electron chi connectivity index (χ2n) is 6.27. The molecule has 0 spiro atoms. The van der Waals surface area contributed by atoms with Gasteiger partial charge in [0.2, 0.25) is 0 Å². The minimum atomic E-state index is -0.508. The highest BCUT2D eigenvalue weighted by Gasteiger charge is 2.16. The van der Waals surface area contributed by atoms with E-state index in [4.69, 9.17) is 4.74 Å². The van der Waals surface area contributed by atoms with Crippen LogP contribution >= 0.6 is 0 Å². The molecule has 0 atom stereocenters. The van der Waals surface area contributed by atoms with E-state index >= 15 is 0 Å². The molecule has 4 rings (SSSR count). The molecular formula is C22H16FN3O3. The van der Waals surface area contributed by atoms with Crippen molar-refractivity contribution in [1.29, 1.82) is 0 Å². The molecule has 0 aliphatic rings. The summed E-state index contributed by atoms with van der Waals surface area (Å²) in [5, 5.41) is 0.351. The molecule has 7 heteroatoms. The van der Waals surface area contributed by atoms with Crippen LogP contribution in [0.5, 0.6) is 5.75 Å². The van der Waals surface area contributed by atoms with E-state index in [9.17, 15) is 14.0 Å². The Morgan fingerprint density at radius 2 is 1.79 bits per heavy atom. The summed E-state index contributed by atoms with van der Waals surface area (Å²) in [6.07, 6.45) is 0. The Bertz CT molecular complexity index is 1270. The number of ether oxygens (including phenoxy) is 1. The van der Waals surface area contributed by atoms with Crippen LogP contribution in [0.15, 0.2) is 77.6 Å². The van der Waals surface area contributed by atoms with Crippen molar-refractivity contribution < 1.29 is 13.9 Å². The Hall–Kier alpha value is -4.00. The zero-order valence-electron chi connectivity index (χ0n) is 15.4. The molecule has 0 unspecified atom stereocenters. The van der Waals surface area contributed by atoms with Crippen LogP contribution < -0.4 is 15.7 Å². The lowest BCUT2D eigenvalue weighted by Gasteiger charge is -2.15. The molecule has 0 saturated heterocycles. The highest BCUT2D eigenvalue weighted by molar-refractivity contribution is 6.00. The summed E-state index contributed by atoms with van der Waals surface area (Å²) >= 11 is 0. The van der Waals surface area contributed by atoms with Gasteiger partial charge in [-0.2, -0.15) is 4.68 Å². The van der Waals surface area contributed by atoms with Gasteiger partial charge in [-0.15, -0.1) is 0 Å². The number of para-hydroxylation sites is 1. The molecule has 0 aliphatic carbocycles. The predicted octanol–water partition coefficient (Wildman–Crippen LogP) is 3.60. The number of benzene rings is 3. The number of hydrogen-bond acceptors (Lipinski definition) is 4. The molecular weight excluding hydrogens is 373 g/mol. The molecule has 0 radical (unpaired) electrons. The standard InChI is InChI=1S/C22H16FN3O3/c1-29-17-6-4-5-15(13-17)21(27)25-26-20(14-9-11-16(23)12-10-14)24-19-8-3-2-7-18(19)22(26)28/h2-13H,1H3,(H,25,27). The van der Waals surface area contributed by atoms with E-state index in [0.29, 0.717) is 27.8 Å². The predicted molar refractivity (Wildman–Crippen MR) is 108 cm³/mol. The van der Waals surface area contributed by atoms with Gasteiger partial charge in [0.25, 0.3) is 11.5 Å². The van der Waals surface area contributed by atoms with Gasteiger partial charge < -0.3 is 4.74 Å². The van der Waals surface area contributed by atoms with E-state index in [-0.39, 0.29) is 5.82 Å². The quantitative estimate of drug-likeness (QED) is 0.579. The Morgan fingerprint density at radius 3 is 2.55 bits per heavy atom. The van der Waals surface area contributed by atoms with Gasteiger partial charge in [0, 0.05) is 11.1 Å². The minimum Gasteiger partial charge on any atom is -0.497 e. The monoisotopic (exact) mass is 389 g/mol. The van der Waals surface area contributed by atoms with E-state index < -0.39 is 17.3 Å². The molecule has 0 saturated carbocycles. The molecule has 144 valence electrons. The molecule has 0 bridgehead atoms. The van der Waals surface area contributed by atoms with E-state index in [1.165, 1.54) is 31.4 Å². The van der Waals surface area contributed by atoms with Gasteiger partial charge in [-0.25, -0.2) is 9.37 Å². The average Bonchev–Trinajstić information content (AvgIpc) is 2.76. The lowest BCUT2D eigenvalue weighted by molar-refractivity contribution is 0.101. The van der Waals surface area contributed by atoms with Crippen molar-refractivity contribution in [3.8, 4) is 17.1 Å². The fourth-order valence-corrected chi connectivity index (χ4v) is 2.96. The third kappa shape index (κ3) is 3.58. The SMILES string of the molecule is COc1cccc(C(=O)Nn2c(-c3ccc(F)cc3)nc3ccccc3c2=O)c1. The van der Waals surface area contributed by atoms with Gasteiger partial charge in [0.15, 0.2) is 5.82 Å². The lowest BCUT2D eigenvalue weighted by atomic mass is 10.2. The van der Waals surface area contributed by atoms with Crippen LogP contribution in [-0.4, -0.2) is 22.7 Å². The van der Waals surface area contributed by atoms with E-state index in [1.807, 2.05) is 0 Å². The van der Waals surface area contributed by atoms with Crippen molar-refractivity contribution in [2.45, 2.75) is 0 Å². The fraction of sp³-hybridized carbons (Fsp3) is 0.0455. The first-order valence-electron chi connectivity index (χ1n) is 8.80. The zero-order chi connectivity index (χ0) is 20.4. The van der Waals surface area contributed by atoms with Gasteiger partial charge in [-0.3, -0.25) is 15.0 Å². The van der Waals surface area contributed by atoms with Gasteiger partial charge in [-0.1, -0.05) is 18.2 Å². The Labute approximate surface area is 165 Å². The number of carbonyl (C=O) groups is 1. The van der Waals surface area contributed by atoms with Crippen LogP contribution in [-0.2, 0) is 0 Å². The molecule has 3 aromatic carbocycles. The van der Waals surface area contributed by atoms with E-state index in [0.717, 1.165) is 4.68 Å². The summed E-state index contributed by atoms with van der Waals surface area (Å²) in [7, 11) is 1.50. The summed E-state index contributed by atoms with van der Waals surface area (Å²) in [6.45, 7) is 0. The fourth-order valence-electron chi connectivity index (χ4n) is 2.96. The number of methoxy groups -OCH3 is 1. The summed E-state index contributed by atoms with van der Waals surface area (Å²) in [5.41, 5.74) is 3.44. The van der Waals surface area contributed by atoms with Crippen molar-refractivity contribution in [2.24, 2.45) is 0 Å². The molecule has 1 heterocycles. The molecule has 1 amide bonds. The first kappa shape index (κ1) is 18.4. The second kappa shape index (κ2) is 7.55. The van der Waals surface area contributed by atoms with Crippen LogP contribution in [0.4, 0.5) is 4.39 Å². The van der Waals surface area contributed by atoms with Crippen LogP contribution in [0.2, 0.25) is 0 Å². The summed E-state index contributed by atoms with van der Waals surface area (Å²) in [6, 6.07) is 18.9. The van der Waals surface area contributed by atoms with Crippen molar-refractivity contribution >= 4 is 16.8 Å². The Kier molecular flexibility index (Phi) is 4.78. The molecule has 0 aliphatic heterocycles. The Balaban J connectivity index is 1.86. The third-order valence-electron chi connectivity index (χ3n) is 4.42. The molecule has 1 N–H and O–H groups in total. The van der Waals surface area contributed by atoms with Crippen molar-refractivity contribution in [3.05, 3.63) is 94.5 Å². The number of carbonyl (C=O) groups excluding carboxylic acids is 1. The molecule has 6 nitrogen and oxygen atoms in total. The van der Waals surface area contributed by atoms with Gasteiger partial charge in [0.05, 0.1) is 18.0 Å². The number of aromatic nitrogens is 2. The normalized spacial score (nSPS) is 10.7. The smallest absolute Gasteiger partial charge is 0.280 e. The van der Waals surface area contributed by atoms with Crippen LogP contribution in [0, 0.1) is 5.82 Å². The van der Waals surface area contributed by atoms with E-state index in [2.05, 4.69) is 10.4 Å². The topological polar surface area (TPSA) is 73.2 Å². The van der Waals surface area contributed by atoms with Crippen molar-refractivity contribution in [3.63, 3.8) is 0 Å². The summed E-state index contributed by atoms with van der Waals surface area (Å²) < 4.78 is 19.6. The second-order valence-corrected chi connectivity index (χ2v) is 6.27. The zero-order valence-corrected chi connectivity index (χ0v) is 15.4. The first-order chi connectivity index (χ1) is 14.1. The number of halogens is 1. The number of rotatable bonds is 4. The summed E-state index contributed by atoms with van der Waals surface area (Å²) in [5.74, 6) is -0.208. The minimum absolute atomic E-state index is 0.199. The van der Waals surface area contributed by atoms with Crippen LogP contribution in [0.1, 0.15) is 10.4 Å². The van der Waals surface area contributed by atoms with Crippen molar-refractivity contribution in [1.82, 2.24) is 9.66 Å². The van der Waals surface area contributed by atoms with Gasteiger partial charge in [-0.05, 0) is 54.6 Å². The van der Waals surface area contributed by atoms with Crippen molar-refractivity contribution in [2.75, 3.05) is 12.5 Å². The third-order valence-corrected chi connectivity index (χ3v) is 4.42. The van der Waals surface area contributed by atoms with Gasteiger partial charge in [0.1, 0.15) is 11.6 Å². The average molecular weight is 389 g/mol. The first-order valence-corrected chi connectivity index (χ1v) is 8.80. The summed E-state index contributed by atoms with van der Waals surface area (Å²) in [4.78, 5) is 30.4. The number of amides is 1.